The van der Waals surface area contributed by atoms with Gasteiger partial charge in [-0.3, -0.25) is 4.98 Å². The molecule has 2 N–H and O–H groups in total. The lowest BCUT2D eigenvalue weighted by Crippen LogP contribution is -1.92. The van der Waals surface area contributed by atoms with Gasteiger partial charge < -0.3 is 5.73 Å². The zero-order valence-corrected chi connectivity index (χ0v) is 8.11. The number of aromatic nitrogens is 1. The average Bonchev–Trinajstić information content (AvgIpc) is 2.17. The van der Waals surface area contributed by atoms with E-state index in [1.54, 1.807) is 18.5 Å². The van der Waals surface area contributed by atoms with E-state index in [0.717, 1.165) is 17.6 Å². The molecule has 1 aromatic heterocycles. The first-order chi connectivity index (χ1) is 6.76. The summed E-state index contributed by atoms with van der Waals surface area (Å²) in [5, 5.41) is 0. The largest absolute Gasteiger partial charge is 0.397 e. The molecule has 0 unspecified atom stereocenters. The first kappa shape index (κ1) is 10.3. The Morgan fingerprint density at radius 3 is 2.79 bits per heavy atom. The van der Waals surface area contributed by atoms with Crippen molar-refractivity contribution in [2.45, 2.75) is 6.42 Å². The summed E-state index contributed by atoms with van der Waals surface area (Å²) in [6.45, 7) is 7.37. The second-order valence-electron chi connectivity index (χ2n) is 2.98. The predicted octanol–water partition coefficient (Wildman–Crippen LogP) is 2.50. The van der Waals surface area contributed by atoms with Crippen molar-refractivity contribution < 1.29 is 0 Å². The van der Waals surface area contributed by atoms with Crippen LogP contribution in [-0.2, 0) is 6.42 Å². The molecule has 2 heteroatoms. The van der Waals surface area contributed by atoms with Crippen molar-refractivity contribution in [3.05, 3.63) is 61.0 Å². The predicted molar refractivity (Wildman–Crippen MR) is 60.8 cm³/mol. The van der Waals surface area contributed by atoms with Gasteiger partial charge in [-0.2, -0.15) is 0 Å². The number of nitrogens with zero attached hydrogens (tertiary/aromatic N) is 1. The summed E-state index contributed by atoms with van der Waals surface area (Å²) < 4.78 is 0. The van der Waals surface area contributed by atoms with E-state index in [0.29, 0.717) is 5.69 Å². The third-order valence-corrected chi connectivity index (χ3v) is 1.82. The van der Waals surface area contributed by atoms with Crippen molar-refractivity contribution in [2.75, 3.05) is 5.73 Å². The number of nitrogens with two attached hydrogens (primary N) is 1. The van der Waals surface area contributed by atoms with Crippen molar-refractivity contribution in [2.24, 2.45) is 0 Å². The molecule has 0 aliphatic heterocycles. The Balaban J connectivity index is 2.82. The summed E-state index contributed by atoms with van der Waals surface area (Å²) in [5.41, 5.74) is 8.49. The third-order valence-electron chi connectivity index (χ3n) is 1.82. The van der Waals surface area contributed by atoms with E-state index in [2.05, 4.69) is 18.1 Å². The maximum Gasteiger partial charge on any atom is 0.0503 e. The highest BCUT2D eigenvalue weighted by Gasteiger charge is 1.96. The zero-order valence-electron chi connectivity index (χ0n) is 8.11. The van der Waals surface area contributed by atoms with Crippen molar-refractivity contribution in [3.8, 4) is 0 Å². The molecule has 1 aromatic rings. The van der Waals surface area contributed by atoms with E-state index in [-0.39, 0.29) is 0 Å². The van der Waals surface area contributed by atoms with Crippen LogP contribution in [0, 0.1) is 0 Å². The summed E-state index contributed by atoms with van der Waals surface area (Å²) in [4.78, 5) is 4.02. The number of nitrogen functional groups attached to an aromatic ring is 1. The number of allylic oxidation sites excluding steroid dienone is 4. The Morgan fingerprint density at radius 2 is 2.21 bits per heavy atom. The van der Waals surface area contributed by atoms with Crippen LogP contribution in [0.3, 0.4) is 0 Å². The van der Waals surface area contributed by atoms with Crippen molar-refractivity contribution in [1.29, 1.82) is 0 Å². The zero-order chi connectivity index (χ0) is 10.4. The van der Waals surface area contributed by atoms with Gasteiger partial charge in [0.2, 0.25) is 0 Å². The Kier molecular flexibility index (Phi) is 3.68. The molecule has 0 aromatic carbocycles. The van der Waals surface area contributed by atoms with Crippen molar-refractivity contribution in [1.82, 2.24) is 4.98 Å². The van der Waals surface area contributed by atoms with Crippen LogP contribution in [0.25, 0.3) is 0 Å². The van der Waals surface area contributed by atoms with Gasteiger partial charge in [0, 0.05) is 12.4 Å². The lowest BCUT2D eigenvalue weighted by atomic mass is 10.1. The highest BCUT2D eigenvalue weighted by atomic mass is 14.7. The molecule has 0 saturated heterocycles. The van der Waals surface area contributed by atoms with Crippen LogP contribution >= 0.6 is 0 Å². The van der Waals surface area contributed by atoms with Gasteiger partial charge in [-0.15, -0.1) is 0 Å². The van der Waals surface area contributed by atoms with E-state index < -0.39 is 0 Å². The number of pyridine rings is 1. The molecule has 0 amide bonds. The molecule has 72 valence electrons. The van der Waals surface area contributed by atoms with E-state index in [1.807, 2.05) is 18.2 Å². The molecule has 0 aliphatic rings. The van der Waals surface area contributed by atoms with E-state index in [4.69, 9.17) is 5.73 Å². The van der Waals surface area contributed by atoms with Crippen LogP contribution in [-0.4, -0.2) is 4.98 Å². The minimum Gasteiger partial charge on any atom is -0.397 e. The molecular weight excluding hydrogens is 172 g/mol. The van der Waals surface area contributed by atoms with E-state index >= 15 is 0 Å². The molecule has 0 saturated carbocycles. The van der Waals surface area contributed by atoms with Gasteiger partial charge in [0.1, 0.15) is 0 Å². The summed E-state index contributed by atoms with van der Waals surface area (Å²) in [7, 11) is 0. The third kappa shape index (κ3) is 2.90. The van der Waals surface area contributed by atoms with Gasteiger partial charge in [-0.25, -0.2) is 0 Å². The van der Waals surface area contributed by atoms with Gasteiger partial charge in [0.15, 0.2) is 0 Å². The highest BCUT2D eigenvalue weighted by Crippen LogP contribution is 2.10. The number of hydrogen-bond donors (Lipinski definition) is 1. The molecule has 0 aliphatic carbocycles. The molecule has 1 rings (SSSR count). The molecule has 0 fully saturated rings. The van der Waals surface area contributed by atoms with Gasteiger partial charge >= 0.3 is 0 Å². The quantitative estimate of drug-likeness (QED) is 0.734. The fourth-order valence-electron chi connectivity index (χ4n) is 1.19. The summed E-state index contributed by atoms with van der Waals surface area (Å²) in [6.07, 6.45) is 9.70. The monoisotopic (exact) mass is 186 g/mol. The second-order valence-corrected chi connectivity index (χ2v) is 2.98. The molecule has 0 spiro atoms. The normalized spacial score (nSPS) is 11.0. The van der Waals surface area contributed by atoms with Gasteiger partial charge in [-0.05, 0) is 23.6 Å². The van der Waals surface area contributed by atoms with Crippen LogP contribution in [0.5, 0.6) is 0 Å². The molecular formula is C12H14N2. The van der Waals surface area contributed by atoms with Crippen LogP contribution in [0.1, 0.15) is 5.56 Å². The standard InChI is InChI=1S/C12H14N2/c1-3-5-10(4-2)6-11-7-12(13)9-14-8-11/h3-5,7-9H,1-2,6,13H2/b10-5+. The second kappa shape index (κ2) is 5.02. The summed E-state index contributed by atoms with van der Waals surface area (Å²) >= 11 is 0. The fourth-order valence-corrected chi connectivity index (χ4v) is 1.19. The topological polar surface area (TPSA) is 38.9 Å². The summed E-state index contributed by atoms with van der Waals surface area (Å²) in [5.74, 6) is 0. The summed E-state index contributed by atoms with van der Waals surface area (Å²) in [6, 6.07) is 1.91. The Labute approximate surface area is 84.5 Å². The smallest absolute Gasteiger partial charge is 0.0503 e. The average molecular weight is 186 g/mol. The number of anilines is 1. The van der Waals surface area contributed by atoms with Crippen LogP contribution in [0.2, 0.25) is 0 Å². The minimum absolute atomic E-state index is 0.685. The first-order valence-corrected chi connectivity index (χ1v) is 4.39. The van der Waals surface area contributed by atoms with Gasteiger partial charge in [0.25, 0.3) is 0 Å². The number of hydrogen-bond acceptors (Lipinski definition) is 2. The molecule has 0 atom stereocenters. The van der Waals surface area contributed by atoms with Gasteiger partial charge in [-0.1, -0.05) is 31.4 Å². The maximum absolute atomic E-state index is 5.62. The van der Waals surface area contributed by atoms with E-state index in [9.17, 15) is 0 Å². The Bertz CT molecular complexity index is 364. The molecule has 14 heavy (non-hydrogen) atoms. The van der Waals surface area contributed by atoms with E-state index in [1.165, 1.54) is 0 Å². The van der Waals surface area contributed by atoms with Crippen molar-refractivity contribution >= 4 is 5.69 Å². The molecule has 0 bridgehead atoms. The maximum atomic E-state index is 5.62. The van der Waals surface area contributed by atoms with Crippen LogP contribution in [0.4, 0.5) is 5.69 Å². The Hall–Kier alpha value is -1.83. The minimum atomic E-state index is 0.685. The lowest BCUT2D eigenvalue weighted by molar-refractivity contribution is 1.15. The van der Waals surface area contributed by atoms with Crippen LogP contribution < -0.4 is 5.73 Å². The SMILES string of the molecule is C=C/C=C(\C=C)Cc1cncc(N)c1. The van der Waals surface area contributed by atoms with Crippen molar-refractivity contribution in [3.63, 3.8) is 0 Å². The molecule has 1 heterocycles. The Morgan fingerprint density at radius 1 is 1.43 bits per heavy atom. The fraction of sp³-hybridized carbons (Fsp3) is 0.0833. The highest BCUT2D eigenvalue weighted by molar-refractivity contribution is 5.39. The lowest BCUT2D eigenvalue weighted by Gasteiger charge is -2.02. The molecule has 0 radical (unpaired) electrons. The van der Waals surface area contributed by atoms with Crippen LogP contribution in [0.15, 0.2) is 55.4 Å². The molecule has 2 nitrogen and oxygen atoms in total. The number of rotatable bonds is 4. The first-order valence-electron chi connectivity index (χ1n) is 4.39. The van der Waals surface area contributed by atoms with Gasteiger partial charge in [0.05, 0.1) is 5.69 Å².